The molecule has 0 radical (unpaired) electrons. The predicted molar refractivity (Wildman–Crippen MR) is 74.1 cm³/mol. The lowest BCUT2D eigenvalue weighted by molar-refractivity contribution is 0.204. The Labute approximate surface area is 112 Å². The summed E-state index contributed by atoms with van der Waals surface area (Å²) in [5.41, 5.74) is 3.44. The van der Waals surface area contributed by atoms with Gasteiger partial charge in [-0.25, -0.2) is 0 Å². The molecule has 92 valence electrons. The van der Waals surface area contributed by atoms with Crippen molar-refractivity contribution < 1.29 is 4.74 Å². The van der Waals surface area contributed by atoms with Gasteiger partial charge in [0.2, 0.25) is 0 Å². The van der Waals surface area contributed by atoms with Gasteiger partial charge in [0.1, 0.15) is 5.75 Å². The van der Waals surface area contributed by atoms with E-state index in [0.717, 1.165) is 28.3 Å². The van der Waals surface area contributed by atoms with Crippen LogP contribution in [0.2, 0.25) is 5.02 Å². The van der Waals surface area contributed by atoms with Crippen LogP contribution in [0.5, 0.6) is 5.75 Å². The lowest BCUT2D eigenvalue weighted by atomic mass is 10.0. The number of fused-ring (bicyclic) bond motifs is 1. The van der Waals surface area contributed by atoms with Crippen molar-refractivity contribution in [3.8, 4) is 16.9 Å². The molecule has 1 atom stereocenters. The minimum atomic E-state index is 0.0698. The second-order valence-corrected chi connectivity index (χ2v) is 4.84. The summed E-state index contributed by atoms with van der Waals surface area (Å²) in [6.07, 6.45) is 0.973. The second-order valence-electron chi connectivity index (χ2n) is 4.40. The van der Waals surface area contributed by atoms with E-state index in [2.05, 4.69) is 29.6 Å². The van der Waals surface area contributed by atoms with Crippen molar-refractivity contribution in [3.05, 3.63) is 53.1 Å². The van der Waals surface area contributed by atoms with Gasteiger partial charge in [0, 0.05) is 17.0 Å². The van der Waals surface area contributed by atoms with Gasteiger partial charge in [-0.3, -0.25) is 5.32 Å². The Morgan fingerprint density at radius 2 is 2.06 bits per heavy atom. The normalized spacial score (nSPS) is 17.3. The van der Waals surface area contributed by atoms with Crippen molar-refractivity contribution in [1.82, 2.24) is 5.32 Å². The highest BCUT2D eigenvalue weighted by atomic mass is 35.5. The van der Waals surface area contributed by atoms with E-state index in [1.54, 1.807) is 0 Å². The molecule has 1 aliphatic rings. The van der Waals surface area contributed by atoms with Crippen LogP contribution in [0.1, 0.15) is 5.56 Å². The van der Waals surface area contributed by atoms with Gasteiger partial charge in [-0.15, -0.1) is 0 Å². The van der Waals surface area contributed by atoms with Crippen molar-refractivity contribution in [2.75, 3.05) is 7.05 Å². The van der Waals surface area contributed by atoms with E-state index in [1.807, 2.05) is 25.2 Å². The van der Waals surface area contributed by atoms with Gasteiger partial charge in [0.15, 0.2) is 6.23 Å². The fourth-order valence-corrected chi connectivity index (χ4v) is 2.50. The number of para-hydroxylation sites is 1. The summed E-state index contributed by atoms with van der Waals surface area (Å²) in [4.78, 5) is 0. The molecule has 1 heterocycles. The first-order valence-electron chi connectivity index (χ1n) is 5.99. The number of hydrogen-bond acceptors (Lipinski definition) is 2. The van der Waals surface area contributed by atoms with Gasteiger partial charge in [0.05, 0.1) is 0 Å². The highest BCUT2D eigenvalue weighted by molar-refractivity contribution is 6.30. The van der Waals surface area contributed by atoms with Gasteiger partial charge in [0.25, 0.3) is 0 Å². The van der Waals surface area contributed by atoms with Crippen LogP contribution in [-0.2, 0) is 6.42 Å². The minimum Gasteiger partial charge on any atom is -0.474 e. The molecule has 1 aliphatic heterocycles. The Morgan fingerprint density at radius 3 is 2.83 bits per heavy atom. The predicted octanol–water partition coefficient (Wildman–Crippen LogP) is 3.49. The van der Waals surface area contributed by atoms with E-state index in [0.29, 0.717) is 0 Å². The quantitative estimate of drug-likeness (QED) is 0.892. The average Bonchev–Trinajstić information content (AvgIpc) is 2.81. The van der Waals surface area contributed by atoms with E-state index in [9.17, 15) is 0 Å². The maximum Gasteiger partial charge on any atom is 0.154 e. The van der Waals surface area contributed by atoms with Crippen molar-refractivity contribution in [2.45, 2.75) is 12.6 Å². The molecule has 2 nitrogen and oxygen atoms in total. The third-order valence-corrected chi connectivity index (χ3v) is 3.45. The topological polar surface area (TPSA) is 21.3 Å². The molecule has 0 amide bonds. The Kier molecular flexibility index (Phi) is 2.98. The Bertz CT molecular complexity index is 582. The molecule has 1 N–H and O–H groups in total. The minimum absolute atomic E-state index is 0.0698. The standard InChI is InChI=1S/C15H14ClNO/c1-17-14-9-11-5-3-7-13(15(11)18-14)10-4-2-6-12(16)8-10/h2-8,14,17H,9H2,1H3. The van der Waals surface area contributed by atoms with Gasteiger partial charge in [-0.2, -0.15) is 0 Å². The molecule has 1 unspecified atom stereocenters. The zero-order valence-electron chi connectivity index (χ0n) is 10.1. The summed E-state index contributed by atoms with van der Waals surface area (Å²) in [7, 11) is 1.91. The molecular formula is C15H14ClNO. The van der Waals surface area contributed by atoms with E-state index in [-0.39, 0.29) is 6.23 Å². The first kappa shape index (κ1) is 11.6. The molecule has 0 saturated carbocycles. The van der Waals surface area contributed by atoms with Crippen molar-refractivity contribution in [2.24, 2.45) is 0 Å². The fraction of sp³-hybridized carbons (Fsp3) is 0.200. The van der Waals surface area contributed by atoms with Crippen LogP contribution >= 0.6 is 11.6 Å². The maximum atomic E-state index is 6.05. The first-order chi connectivity index (χ1) is 8.78. The average molecular weight is 260 g/mol. The molecule has 2 aromatic rings. The number of ether oxygens (including phenoxy) is 1. The number of nitrogens with one attached hydrogen (secondary N) is 1. The Morgan fingerprint density at radius 1 is 1.22 bits per heavy atom. The molecular weight excluding hydrogens is 246 g/mol. The summed E-state index contributed by atoms with van der Waals surface area (Å²) in [5.74, 6) is 0.971. The van der Waals surface area contributed by atoms with Gasteiger partial charge in [-0.05, 0) is 30.3 Å². The number of likely N-dealkylation sites (N-methyl/N-ethyl adjacent to an activating group) is 1. The van der Waals surface area contributed by atoms with E-state index in [4.69, 9.17) is 16.3 Å². The summed E-state index contributed by atoms with van der Waals surface area (Å²) in [5, 5.41) is 3.90. The van der Waals surface area contributed by atoms with Crippen LogP contribution in [0.15, 0.2) is 42.5 Å². The maximum absolute atomic E-state index is 6.05. The van der Waals surface area contributed by atoms with Crippen LogP contribution in [0.4, 0.5) is 0 Å². The summed E-state index contributed by atoms with van der Waals surface area (Å²) >= 11 is 6.05. The van der Waals surface area contributed by atoms with Crippen LogP contribution in [0.25, 0.3) is 11.1 Å². The molecule has 0 fully saturated rings. The first-order valence-corrected chi connectivity index (χ1v) is 6.37. The smallest absolute Gasteiger partial charge is 0.154 e. The van der Waals surface area contributed by atoms with Crippen molar-refractivity contribution >= 4 is 11.6 Å². The van der Waals surface area contributed by atoms with Crippen LogP contribution in [0, 0.1) is 0 Å². The number of benzene rings is 2. The SMILES string of the molecule is CNC1Cc2cccc(-c3cccc(Cl)c3)c2O1. The van der Waals surface area contributed by atoms with E-state index >= 15 is 0 Å². The molecule has 3 rings (SSSR count). The molecule has 3 heteroatoms. The molecule has 0 aromatic heterocycles. The third-order valence-electron chi connectivity index (χ3n) is 3.22. The van der Waals surface area contributed by atoms with Crippen LogP contribution in [0.3, 0.4) is 0 Å². The largest absolute Gasteiger partial charge is 0.474 e. The molecule has 0 bridgehead atoms. The molecule has 2 aromatic carbocycles. The fourth-order valence-electron chi connectivity index (χ4n) is 2.31. The monoisotopic (exact) mass is 259 g/mol. The van der Waals surface area contributed by atoms with Crippen LogP contribution in [-0.4, -0.2) is 13.3 Å². The van der Waals surface area contributed by atoms with E-state index < -0.39 is 0 Å². The number of rotatable bonds is 2. The zero-order valence-corrected chi connectivity index (χ0v) is 10.9. The van der Waals surface area contributed by atoms with Gasteiger partial charge in [-0.1, -0.05) is 41.9 Å². The molecule has 0 aliphatic carbocycles. The zero-order chi connectivity index (χ0) is 12.5. The Balaban J connectivity index is 2.08. The highest BCUT2D eigenvalue weighted by Crippen LogP contribution is 2.38. The van der Waals surface area contributed by atoms with Gasteiger partial charge < -0.3 is 4.74 Å². The number of halogens is 1. The number of hydrogen-bond donors (Lipinski definition) is 1. The van der Waals surface area contributed by atoms with Gasteiger partial charge >= 0.3 is 0 Å². The summed E-state index contributed by atoms with van der Waals surface area (Å²) in [6, 6.07) is 14.1. The van der Waals surface area contributed by atoms with E-state index in [1.165, 1.54) is 5.56 Å². The summed E-state index contributed by atoms with van der Waals surface area (Å²) in [6.45, 7) is 0. The second kappa shape index (κ2) is 4.63. The molecule has 0 saturated heterocycles. The molecule has 0 spiro atoms. The third kappa shape index (κ3) is 1.98. The highest BCUT2D eigenvalue weighted by Gasteiger charge is 2.24. The van der Waals surface area contributed by atoms with Crippen molar-refractivity contribution in [3.63, 3.8) is 0 Å². The molecule has 18 heavy (non-hydrogen) atoms. The van der Waals surface area contributed by atoms with Crippen molar-refractivity contribution in [1.29, 1.82) is 0 Å². The summed E-state index contributed by atoms with van der Waals surface area (Å²) < 4.78 is 5.93. The van der Waals surface area contributed by atoms with Crippen LogP contribution < -0.4 is 10.1 Å². The lowest BCUT2D eigenvalue weighted by Crippen LogP contribution is -2.29. The lowest BCUT2D eigenvalue weighted by Gasteiger charge is -2.11. The Hall–Kier alpha value is -1.51.